The second-order valence-electron chi connectivity index (χ2n) is 3.29. The average Bonchev–Trinajstić information content (AvgIpc) is 2.74. The van der Waals surface area contributed by atoms with Crippen molar-refractivity contribution in [2.75, 3.05) is 13.2 Å². The predicted molar refractivity (Wildman–Crippen MR) is 57.8 cm³/mol. The van der Waals surface area contributed by atoms with Crippen molar-refractivity contribution in [3.63, 3.8) is 0 Å². The van der Waals surface area contributed by atoms with Gasteiger partial charge in [0.2, 0.25) is 10.0 Å². The number of hydrogen-bond acceptors (Lipinski definition) is 3. The first-order valence-electron chi connectivity index (χ1n) is 4.87. The first-order valence-corrected chi connectivity index (χ1v) is 6.41. The second-order valence-corrected chi connectivity index (χ2v) is 4.82. The zero-order chi connectivity index (χ0) is 12.0. The number of ether oxygens (including phenoxy) is 1. The third-order valence-corrected chi connectivity index (χ3v) is 2.91. The summed E-state index contributed by atoms with van der Waals surface area (Å²) < 4.78 is 38.8. The topological polar surface area (TPSA) is 69.4 Å². The molecule has 1 aromatic rings. The molecule has 4 nitrogen and oxygen atoms in total. The summed E-state index contributed by atoms with van der Waals surface area (Å²) in [7, 11) is -3.91. The van der Waals surface area contributed by atoms with Gasteiger partial charge in [-0.25, -0.2) is 17.9 Å². The molecule has 1 aliphatic heterocycles. The molecule has 2 rings (SSSR count). The van der Waals surface area contributed by atoms with E-state index >= 15 is 0 Å². The van der Waals surface area contributed by atoms with E-state index in [1.54, 1.807) is 0 Å². The minimum absolute atomic E-state index is 0.472. The fourth-order valence-corrected chi connectivity index (χ4v) is 1.79. The van der Waals surface area contributed by atoms with Crippen LogP contribution in [0, 0.1) is 5.82 Å². The Morgan fingerprint density at radius 3 is 2.06 bits per heavy atom. The summed E-state index contributed by atoms with van der Waals surface area (Å²) in [6.07, 6.45) is 2.56. The van der Waals surface area contributed by atoms with E-state index in [-0.39, 0.29) is 0 Å². The van der Waals surface area contributed by atoms with Crippen LogP contribution in [0.1, 0.15) is 12.8 Å². The van der Waals surface area contributed by atoms with Crippen molar-refractivity contribution >= 4 is 10.0 Å². The van der Waals surface area contributed by atoms with Gasteiger partial charge in [-0.15, -0.1) is 0 Å². The van der Waals surface area contributed by atoms with Crippen molar-refractivity contribution in [1.82, 2.24) is 0 Å². The highest BCUT2D eigenvalue weighted by Gasteiger charge is 2.11. The molecule has 2 N–H and O–H groups in total. The molecule has 0 aromatic heterocycles. The Morgan fingerprint density at radius 1 is 1.19 bits per heavy atom. The molecule has 0 aliphatic carbocycles. The Kier molecular flexibility index (Phi) is 4.85. The maximum atomic E-state index is 12.6. The first-order chi connectivity index (χ1) is 7.52. The molecule has 0 unspecified atom stereocenters. The van der Waals surface area contributed by atoms with Crippen LogP contribution in [0.4, 0.5) is 4.39 Å². The minimum atomic E-state index is -3.91. The van der Waals surface area contributed by atoms with E-state index in [0.717, 1.165) is 25.3 Å². The largest absolute Gasteiger partial charge is 0.381 e. The molecule has 1 heterocycles. The maximum absolute atomic E-state index is 12.6. The highest BCUT2D eigenvalue weighted by Crippen LogP contribution is 2.10. The molecule has 1 fully saturated rings. The molecule has 0 spiro atoms. The lowest BCUT2D eigenvalue weighted by atomic mass is 10.4. The smallest absolute Gasteiger partial charge is 0.240 e. The van der Waals surface area contributed by atoms with E-state index in [4.69, 9.17) is 4.74 Å². The molecule has 90 valence electrons. The summed E-state index contributed by atoms with van der Waals surface area (Å²) in [5, 5.41) is 4.69. The van der Waals surface area contributed by atoms with E-state index in [2.05, 4.69) is 5.14 Å². The number of hydrogen-bond donors (Lipinski definition) is 1. The number of sulfonamides is 1. The minimum Gasteiger partial charge on any atom is -0.381 e. The van der Waals surface area contributed by atoms with Gasteiger partial charge >= 0.3 is 0 Å². The Balaban J connectivity index is 0.000000212. The third kappa shape index (κ3) is 4.26. The van der Waals surface area contributed by atoms with Crippen LogP contribution in [0.2, 0.25) is 0 Å². The van der Waals surface area contributed by atoms with Gasteiger partial charge in [-0.2, -0.15) is 0 Å². The number of benzene rings is 1. The Labute approximate surface area is 94.3 Å². The van der Waals surface area contributed by atoms with E-state index < -0.39 is 20.7 Å². The normalized spacial score (nSPS) is 15.4. The molecule has 0 saturated carbocycles. The van der Waals surface area contributed by atoms with Crippen molar-refractivity contribution in [2.24, 2.45) is 5.14 Å². The SMILES string of the molecule is C1CCOC1.NS(=O)(=O)c1ccccc1F. The van der Waals surface area contributed by atoms with E-state index in [1.165, 1.54) is 25.0 Å². The third-order valence-electron chi connectivity index (χ3n) is 1.97. The van der Waals surface area contributed by atoms with Gasteiger partial charge in [0.1, 0.15) is 10.7 Å². The molecule has 0 bridgehead atoms. The lowest BCUT2D eigenvalue weighted by molar-refractivity contribution is 0.198. The highest BCUT2D eigenvalue weighted by atomic mass is 32.2. The van der Waals surface area contributed by atoms with Crippen LogP contribution >= 0.6 is 0 Å². The molecular formula is C10H14FNO3S. The first kappa shape index (κ1) is 13.1. The predicted octanol–water partition coefficient (Wildman–Crippen LogP) is 1.27. The summed E-state index contributed by atoms with van der Waals surface area (Å²) in [4.78, 5) is -0.472. The van der Waals surface area contributed by atoms with Gasteiger partial charge in [-0.1, -0.05) is 12.1 Å². The Morgan fingerprint density at radius 2 is 1.75 bits per heavy atom. The molecule has 0 atom stereocenters. The van der Waals surface area contributed by atoms with E-state index in [0.29, 0.717) is 0 Å². The maximum Gasteiger partial charge on any atom is 0.240 e. The summed E-state index contributed by atoms with van der Waals surface area (Å²) in [5.41, 5.74) is 0. The van der Waals surface area contributed by atoms with Crippen molar-refractivity contribution in [3.05, 3.63) is 30.1 Å². The van der Waals surface area contributed by atoms with Crippen molar-refractivity contribution < 1.29 is 17.5 Å². The summed E-state index contributed by atoms with van der Waals surface area (Å²) in [5.74, 6) is -0.824. The number of nitrogens with two attached hydrogens (primary N) is 1. The van der Waals surface area contributed by atoms with Gasteiger partial charge in [0, 0.05) is 13.2 Å². The lowest BCUT2D eigenvalue weighted by Gasteiger charge is -1.97. The van der Waals surface area contributed by atoms with Crippen LogP contribution in [0.3, 0.4) is 0 Å². The standard InChI is InChI=1S/C6H6FNO2S.C4H8O/c7-5-3-1-2-4-6(5)11(8,9)10;1-2-4-5-3-1/h1-4H,(H2,8,9,10);1-4H2. The molecule has 1 aliphatic rings. The summed E-state index contributed by atoms with van der Waals surface area (Å²) >= 11 is 0. The molecule has 1 aromatic carbocycles. The van der Waals surface area contributed by atoms with Gasteiger partial charge in [-0.05, 0) is 25.0 Å². The molecule has 0 radical (unpaired) electrons. The van der Waals surface area contributed by atoms with Crippen LogP contribution in [-0.4, -0.2) is 21.6 Å². The van der Waals surface area contributed by atoms with Crippen LogP contribution in [0.25, 0.3) is 0 Å². The molecule has 16 heavy (non-hydrogen) atoms. The van der Waals surface area contributed by atoms with Gasteiger partial charge in [0.25, 0.3) is 0 Å². The fourth-order valence-electron chi connectivity index (χ4n) is 1.19. The Hall–Kier alpha value is -0.980. The zero-order valence-electron chi connectivity index (χ0n) is 8.73. The average molecular weight is 247 g/mol. The molecular weight excluding hydrogens is 233 g/mol. The van der Waals surface area contributed by atoms with Crippen LogP contribution in [-0.2, 0) is 14.8 Å². The van der Waals surface area contributed by atoms with Crippen LogP contribution < -0.4 is 5.14 Å². The highest BCUT2D eigenvalue weighted by molar-refractivity contribution is 7.89. The summed E-state index contributed by atoms with van der Waals surface area (Å²) in [6.45, 7) is 2.00. The lowest BCUT2D eigenvalue weighted by Crippen LogP contribution is -2.13. The monoisotopic (exact) mass is 247 g/mol. The summed E-state index contributed by atoms with van der Waals surface area (Å²) in [6, 6.07) is 4.96. The molecule has 1 saturated heterocycles. The van der Waals surface area contributed by atoms with E-state index in [9.17, 15) is 12.8 Å². The second kappa shape index (κ2) is 5.93. The Bertz CT molecular complexity index is 422. The molecule has 0 amide bonds. The molecule has 6 heteroatoms. The van der Waals surface area contributed by atoms with Gasteiger partial charge in [0.15, 0.2) is 0 Å². The fraction of sp³-hybridized carbons (Fsp3) is 0.400. The zero-order valence-corrected chi connectivity index (χ0v) is 9.54. The quantitative estimate of drug-likeness (QED) is 0.812. The van der Waals surface area contributed by atoms with Gasteiger partial charge in [0.05, 0.1) is 0 Å². The van der Waals surface area contributed by atoms with Gasteiger partial charge in [-0.3, -0.25) is 0 Å². The van der Waals surface area contributed by atoms with Crippen LogP contribution in [0.15, 0.2) is 29.2 Å². The number of halogens is 1. The number of rotatable bonds is 1. The van der Waals surface area contributed by atoms with Crippen molar-refractivity contribution in [2.45, 2.75) is 17.7 Å². The number of primary sulfonamides is 1. The van der Waals surface area contributed by atoms with E-state index in [1.807, 2.05) is 0 Å². The van der Waals surface area contributed by atoms with Gasteiger partial charge < -0.3 is 4.74 Å². The van der Waals surface area contributed by atoms with Crippen LogP contribution in [0.5, 0.6) is 0 Å². The van der Waals surface area contributed by atoms with Crippen molar-refractivity contribution in [1.29, 1.82) is 0 Å². The van der Waals surface area contributed by atoms with Crippen molar-refractivity contribution in [3.8, 4) is 0 Å².